The zero-order chi connectivity index (χ0) is 16.9. The van der Waals surface area contributed by atoms with E-state index in [0.717, 1.165) is 11.1 Å². The number of hydrogen-bond acceptors (Lipinski definition) is 3. The van der Waals surface area contributed by atoms with Gasteiger partial charge >= 0.3 is 0 Å². The Balaban J connectivity index is 1.71. The molecular weight excluding hydrogens is 326 g/mol. The largest absolute Gasteiger partial charge is 0.484 e. The highest BCUT2D eigenvalue weighted by molar-refractivity contribution is 6.31. The second-order valence-corrected chi connectivity index (χ2v) is 6.26. The molecule has 1 aliphatic heterocycles. The maximum atomic E-state index is 12.2. The van der Waals surface area contributed by atoms with E-state index in [2.05, 4.69) is 6.07 Å². The maximum absolute atomic E-state index is 12.2. The zero-order valence-electron chi connectivity index (χ0n) is 13.6. The van der Waals surface area contributed by atoms with Crippen LogP contribution in [-0.2, 0) is 9.53 Å². The Bertz CT molecular complexity index is 726. The Morgan fingerprint density at radius 1 is 1.17 bits per heavy atom. The third-order valence-corrected chi connectivity index (χ3v) is 4.17. The number of rotatable bonds is 4. The SMILES string of the molecule is Cc1cccc(-c2cc(Cl)cc(OCC(=O)N3CCOCC3)c2)c1. The average Bonchev–Trinajstić information content (AvgIpc) is 2.60. The molecular formula is C19H20ClNO3. The fourth-order valence-electron chi connectivity index (χ4n) is 2.69. The number of nitrogens with zero attached hydrogens (tertiary/aromatic N) is 1. The molecule has 1 aliphatic rings. The van der Waals surface area contributed by atoms with E-state index in [-0.39, 0.29) is 12.5 Å². The van der Waals surface area contributed by atoms with Gasteiger partial charge in [-0.1, -0.05) is 41.4 Å². The molecule has 0 bridgehead atoms. The minimum atomic E-state index is -0.0321. The molecule has 5 heteroatoms. The molecule has 0 aromatic heterocycles. The van der Waals surface area contributed by atoms with Crippen molar-refractivity contribution in [2.75, 3.05) is 32.9 Å². The van der Waals surface area contributed by atoms with Crippen molar-refractivity contribution >= 4 is 17.5 Å². The van der Waals surface area contributed by atoms with Crippen molar-refractivity contribution in [2.45, 2.75) is 6.92 Å². The summed E-state index contributed by atoms with van der Waals surface area (Å²) in [6.07, 6.45) is 0. The number of hydrogen-bond donors (Lipinski definition) is 0. The number of carbonyl (C=O) groups excluding carboxylic acids is 1. The van der Waals surface area contributed by atoms with E-state index in [1.54, 1.807) is 11.0 Å². The van der Waals surface area contributed by atoms with Crippen LogP contribution in [0.15, 0.2) is 42.5 Å². The minimum Gasteiger partial charge on any atom is -0.484 e. The van der Waals surface area contributed by atoms with Crippen LogP contribution in [0.4, 0.5) is 0 Å². The minimum absolute atomic E-state index is 0.00754. The summed E-state index contributed by atoms with van der Waals surface area (Å²) in [7, 11) is 0. The number of benzene rings is 2. The first-order valence-corrected chi connectivity index (χ1v) is 8.35. The van der Waals surface area contributed by atoms with Crippen LogP contribution in [-0.4, -0.2) is 43.7 Å². The summed E-state index contributed by atoms with van der Waals surface area (Å²) in [5.74, 6) is 0.566. The van der Waals surface area contributed by atoms with Gasteiger partial charge in [0.15, 0.2) is 6.61 Å². The van der Waals surface area contributed by atoms with Crippen molar-refractivity contribution < 1.29 is 14.3 Å². The molecule has 1 fully saturated rings. The van der Waals surface area contributed by atoms with Gasteiger partial charge in [-0.15, -0.1) is 0 Å². The van der Waals surface area contributed by atoms with Gasteiger partial charge in [0.05, 0.1) is 13.2 Å². The quantitative estimate of drug-likeness (QED) is 0.850. The van der Waals surface area contributed by atoms with Crippen molar-refractivity contribution in [1.29, 1.82) is 0 Å². The normalized spacial score (nSPS) is 14.5. The predicted octanol–water partition coefficient (Wildman–Crippen LogP) is 3.55. The second-order valence-electron chi connectivity index (χ2n) is 5.83. The van der Waals surface area contributed by atoms with Crippen LogP contribution in [0.3, 0.4) is 0 Å². The van der Waals surface area contributed by atoms with Gasteiger partial charge in [0, 0.05) is 18.1 Å². The highest BCUT2D eigenvalue weighted by Gasteiger charge is 2.17. The fraction of sp³-hybridized carbons (Fsp3) is 0.316. The molecule has 1 amide bonds. The van der Waals surface area contributed by atoms with Crippen molar-refractivity contribution in [3.05, 3.63) is 53.1 Å². The van der Waals surface area contributed by atoms with Crippen molar-refractivity contribution in [3.63, 3.8) is 0 Å². The number of morpholine rings is 1. The van der Waals surface area contributed by atoms with Gasteiger partial charge < -0.3 is 14.4 Å². The summed E-state index contributed by atoms with van der Waals surface area (Å²) < 4.78 is 10.9. The first-order valence-electron chi connectivity index (χ1n) is 7.98. The van der Waals surface area contributed by atoms with E-state index in [0.29, 0.717) is 37.1 Å². The Morgan fingerprint density at radius 2 is 1.96 bits per heavy atom. The Morgan fingerprint density at radius 3 is 2.71 bits per heavy atom. The van der Waals surface area contributed by atoms with Crippen LogP contribution in [0.1, 0.15) is 5.56 Å². The number of ether oxygens (including phenoxy) is 2. The van der Waals surface area contributed by atoms with Crippen molar-refractivity contribution in [3.8, 4) is 16.9 Å². The van der Waals surface area contributed by atoms with E-state index in [4.69, 9.17) is 21.1 Å². The molecule has 2 aromatic carbocycles. The molecule has 0 spiro atoms. The summed E-state index contributed by atoms with van der Waals surface area (Å²) in [6.45, 7) is 4.46. The lowest BCUT2D eigenvalue weighted by atomic mass is 10.0. The lowest BCUT2D eigenvalue weighted by Gasteiger charge is -2.26. The number of halogens is 1. The highest BCUT2D eigenvalue weighted by Crippen LogP contribution is 2.29. The summed E-state index contributed by atoms with van der Waals surface area (Å²) in [5, 5.41) is 0.586. The third kappa shape index (κ3) is 4.28. The molecule has 24 heavy (non-hydrogen) atoms. The fourth-order valence-corrected chi connectivity index (χ4v) is 2.91. The Labute approximate surface area is 146 Å². The van der Waals surface area contributed by atoms with Crippen molar-refractivity contribution in [2.24, 2.45) is 0 Å². The van der Waals surface area contributed by atoms with Gasteiger partial charge in [-0.3, -0.25) is 4.79 Å². The van der Waals surface area contributed by atoms with Crippen molar-refractivity contribution in [1.82, 2.24) is 4.90 Å². The van der Waals surface area contributed by atoms with E-state index in [9.17, 15) is 4.79 Å². The van der Waals surface area contributed by atoms with Gasteiger partial charge in [-0.05, 0) is 36.2 Å². The molecule has 3 rings (SSSR count). The van der Waals surface area contributed by atoms with E-state index in [1.165, 1.54) is 5.56 Å². The molecule has 0 atom stereocenters. The lowest BCUT2D eigenvalue weighted by molar-refractivity contribution is -0.137. The van der Waals surface area contributed by atoms with Gasteiger partial charge in [0.2, 0.25) is 0 Å². The smallest absolute Gasteiger partial charge is 0.260 e. The first-order chi connectivity index (χ1) is 11.6. The average molecular weight is 346 g/mol. The van der Waals surface area contributed by atoms with Crippen LogP contribution in [0, 0.1) is 6.92 Å². The monoisotopic (exact) mass is 345 g/mol. The molecule has 126 valence electrons. The standard InChI is InChI=1S/C19H20ClNO3/c1-14-3-2-4-15(9-14)16-10-17(20)12-18(11-16)24-13-19(22)21-5-7-23-8-6-21/h2-4,9-12H,5-8,13H2,1H3. The maximum Gasteiger partial charge on any atom is 0.260 e. The summed E-state index contributed by atoms with van der Waals surface area (Å²) in [4.78, 5) is 13.9. The van der Waals surface area contributed by atoms with Gasteiger partial charge in [-0.2, -0.15) is 0 Å². The topological polar surface area (TPSA) is 38.8 Å². The van der Waals surface area contributed by atoms with E-state index in [1.807, 2.05) is 37.3 Å². The molecule has 0 unspecified atom stereocenters. The summed E-state index contributed by atoms with van der Waals surface area (Å²) in [6, 6.07) is 13.7. The van der Waals surface area contributed by atoms with Gasteiger partial charge in [0.25, 0.3) is 5.91 Å². The zero-order valence-corrected chi connectivity index (χ0v) is 14.4. The highest BCUT2D eigenvalue weighted by atomic mass is 35.5. The molecule has 0 aliphatic carbocycles. The molecule has 2 aromatic rings. The van der Waals surface area contributed by atoms with E-state index < -0.39 is 0 Å². The summed E-state index contributed by atoms with van der Waals surface area (Å²) in [5.41, 5.74) is 3.22. The molecule has 1 heterocycles. The molecule has 0 N–H and O–H groups in total. The molecule has 0 radical (unpaired) electrons. The van der Waals surface area contributed by atoms with Crippen LogP contribution in [0.5, 0.6) is 5.75 Å². The second kappa shape index (κ2) is 7.69. The number of amides is 1. The van der Waals surface area contributed by atoms with Crippen LogP contribution in [0.2, 0.25) is 5.02 Å². The molecule has 0 saturated carbocycles. The van der Waals surface area contributed by atoms with Gasteiger partial charge in [-0.25, -0.2) is 0 Å². The van der Waals surface area contributed by atoms with Crippen LogP contribution in [0.25, 0.3) is 11.1 Å². The molecule has 4 nitrogen and oxygen atoms in total. The predicted molar refractivity (Wildman–Crippen MR) is 94.5 cm³/mol. The van der Waals surface area contributed by atoms with E-state index >= 15 is 0 Å². The van der Waals surface area contributed by atoms with Gasteiger partial charge in [0.1, 0.15) is 5.75 Å². The lowest BCUT2D eigenvalue weighted by Crippen LogP contribution is -2.42. The Hall–Kier alpha value is -2.04. The first kappa shape index (κ1) is 16.8. The summed E-state index contributed by atoms with van der Waals surface area (Å²) >= 11 is 6.21. The van der Waals surface area contributed by atoms with Crippen LogP contribution >= 0.6 is 11.6 Å². The number of carbonyl (C=O) groups is 1. The number of aryl methyl sites for hydroxylation is 1. The molecule has 1 saturated heterocycles. The van der Waals surface area contributed by atoms with Crippen LogP contribution < -0.4 is 4.74 Å². The third-order valence-electron chi connectivity index (χ3n) is 3.95. The Kier molecular flexibility index (Phi) is 5.38.